The van der Waals surface area contributed by atoms with Gasteiger partial charge in [-0.25, -0.2) is 8.42 Å². The summed E-state index contributed by atoms with van der Waals surface area (Å²) in [5.41, 5.74) is 7.40. The highest BCUT2D eigenvalue weighted by molar-refractivity contribution is 7.89. The standard InChI is InChI=1S/C21H29ClN2O5S2/c1-16(2)12-20(13-23)24(31(27,28)21-10-8-19(22)9-11-21)14-17-4-6-18(7-5-17)15-29-30(3,25)26/h4-11,16,20H,12-15,23H2,1-3H3/t20-/m1/s1. The molecule has 0 bridgehead atoms. The molecule has 2 aromatic carbocycles. The van der Waals surface area contributed by atoms with Gasteiger partial charge in [0.2, 0.25) is 10.0 Å². The predicted molar refractivity (Wildman–Crippen MR) is 123 cm³/mol. The molecule has 2 aromatic rings. The van der Waals surface area contributed by atoms with Crippen molar-refractivity contribution in [1.29, 1.82) is 0 Å². The van der Waals surface area contributed by atoms with Gasteiger partial charge in [-0.15, -0.1) is 0 Å². The molecule has 31 heavy (non-hydrogen) atoms. The molecule has 2 rings (SSSR count). The van der Waals surface area contributed by atoms with Crippen LogP contribution in [0.3, 0.4) is 0 Å². The third kappa shape index (κ3) is 7.85. The SMILES string of the molecule is CC(C)C[C@H](CN)N(Cc1ccc(COS(C)(=O)=O)cc1)S(=O)(=O)c1ccc(Cl)cc1. The van der Waals surface area contributed by atoms with Crippen molar-refractivity contribution >= 4 is 31.7 Å². The van der Waals surface area contributed by atoms with E-state index in [1.54, 1.807) is 36.4 Å². The van der Waals surface area contributed by atoms with E-state index in [9.17, 15) is 16.8 Å². The fraction of sp³-hybridized carbons (Fsp3) is 0.429. The van der Waals surface area contributed by atoms with E-state index in [-0.39, 0.29) is 36.6 Å². The van der Waals surface area contributed by atoms with Gasteiger partial charge in [-0.1, -0.05) is 49.7 Å². The van der Waals surface area contributed by atoms with E-state index in [1.807, 2.05) is 13.8 Å². The highest BCUT2D eigenvalue weighted by Crippen LogP contribution is 2.25. The second-order valence-corrected chi connectivity index (χ2v) is 11.8. The Morgan fingerprint density at radius 1 is 0.968 bits per heavy atom. The molecular formula is C21H29ClN2O5S2. The summed E-state index contributed by atoms with van der Waals surface area (Å²) in [6.07, 6.45) is 1.60. The van der Waals surface area contributed by atoms with Gasteiger partial charge < -0.3 is 5.73 Å². The summed E-state index contributed by atoms with van der Waals surface area (Å²) in [6, 6.07) is 12.6. The summed E-state index contributed by atoms with van der Waals surface area (Å²) in [4.78, 5) is 0.150. The molecule has 0 aliphatic carbocycles. The molecule has 0 aliphatic rings. The van der Waals surface area contributed by atoms with Gasteiger partial charge in [0.1, 0.15) is 0 Å². The molecule has 0 radical (unpaired) electrons. The Bertz CT molecular complexity index is 1050. The lowest BCUT2D eigenvalue weighted by Gasteiger charge is -2.31. The van der Waals surface area contributed by atoms with Crippen LogP contribution >= 0.6 is 11.6 Å². The van der Waals surface area contributed by atoms with Crippen LogP contribution < -0.4 is 5.73 Å². The Morgan fingerprint density at radius 2 is 1.52 bits per heavy atom. The van der Waals surface area contributed by atoms with Crippen LogP contribution in [0.5, 0.6) is 0 Å². The monoisotopic (exact) mass is 488 g/mol. The van der Waals surface area contributed by atoms with Crippen molar-refractivity contribution < 1.29 is 21.0 Å². The Hall–Kier alpha value is -1.49. The van der Waals surface area contributed by atoms with E-state index in [0.29, 0.717) is 17.0 Å². The Labute approximate surface area is 190 Å². The van der Waals surface area contributed by atoms with Crippen molar-refractivity contribution in [3.8, 4) is 0 Å². The van der Waals surface area contributed by atoms with Crippen LogP contribution in [-0.4, -0.2) is 40.0 Å². The Kier molecular flexibility index (Phi) is 9.05. The molecule has 172 valence electrons. The van der Waals surface area contributed by atoms with Gasteiger partial charge in [0.05, 0.1) is 17.8 Å². The number of hydrogen-bond donors (Lipinski definition) is 1. The molecule has 0 amide bonds. The molecule has 0 aromatic heterocycles. The zero-order chi connectivity index (χ0) is 23.2. The van der Waals surface area contributed by atoms with E-state index in [2.05, 4.69) is 0 Å². The van der Waals surface area contributed by atoms with Crippen LogP contribution in [-0.2, 0) is 37.5 Å². The first-order valence-corrected chi connectivity index (χ1v) is 13.5. The van der Waals surface area contributed by atoms with Crippen molar-refractivity contribution in [1.82, 2.24) is 4.31 Å². The number of sulfonamides is 1. The van der Waals surface area contributed by atoms with E-state index in [1.165, 1.54) is 16.4 Å². The summed E-state index contributed by atoms with van der Waals surface area (Å²) < 4.78 is 55.5. The lowest BCUT2D eigenvalue weighted by Crippen LogP contribution is -2.44. The summed E-state index contributed by atoms with van der Waals surface area (Å²) >= 11 is 5.92. The number of nitrogens with zero attached hydrogens (tertiary/aromatic N) is 1. The number of benzene rings is 2. The second-order valence-electron chi connectivity index (χ2n) is 7.81. The van der Waals surface area contributed by atoms with Crippen molar-refractivity contribution in [2.45, 2.75) is 44.4 Å². The maximum atomic E-state index is 13.5. The van der Waals surface area contributed by atoms with E-state index >= 15 is 0 Å². The molecule has 0 unspecified atom stereocenters. The highest BCUT2D eigenvalue weighted by atomic mass is 35.5. The highest BCUT2D eigenvalue weighted by Gasteiger charge is 2.31. The van der Waals surface area contributed by atoms with Gasteiger partial charge in [0.15, 0.2) is 0 Å². The second kappa shape index (κ2) is 10.9. The van der Waals surface area contributed by atoms with Gasteiger partial charge in [-0.3, -0.25) is 4.18 Å². The Morgan fingerprint density at radius 3 is 2.00 bits per heavy atom. The molecule has 2 N–H and O–H groups in total. The van der Waals surface area contributed by atoms with Gasteiger partial charge in [-0.2, -0.15) is 12.7 Å². The maximum absolute atomic E-state index is 13.5. The van der Waals surface area contributed by atoms with Crippen LogP contribution in [0.1, 0.15) is 31.4 Å². The third-order valence-electron chi connectivity index (χ3n) is 4.64. The first-order chi connectivity index (χ1) is 14.4. The van der Waals surface area contributed by atoms with Crippen LogP contribution in [0, 0.1) is 5.92 Å². The zero-order valence-corrected chi connectivity index (χ0v) is 20.3. The molecule has 0 fully saturated rings. The van der Waals surface area contributed by atoms with Gasteiger partial charge in [0.25, 0.3) is 10.1 Å². The molecule has 7 nitrogen and oxygen atoms in total. The van der Waals surface area contributed by atoms with Crippen molar-refractivity contribution in [3.63, 3.8) is 0 Å². The number of halogens is 1. The van der Waals surface area contributed by atoms with Crippen molar-refractivity contribution in [2.75, 3.05) is 12.8 Å². The topological polar surface area (TPSA) is 107 Å². The predicted octanol–water partition coefficient (Wildman–Crippen LogP) is 3.38. The van der Waals surface area contributed by atoms with Crippen LogP contribution in [0.15, 0.2) is 53.4 Å². The molecule has 0 heterocycles. The normalized spacial score (nSPS) is 13.6. The Balaban J connectivity index is 2.33. The summed E-state index contributed by atoms with van der Waals surface area (Å²) in [6.45, 7) is 4.28. The van der Waals surface area contributed by atoms with E-state index in [0.717, 1.165) is 11.8 Å². The van der Waals surface area contributed by atoms with Gasteiger partial charge >= 0.3 is 0 Å². The molecule has 0 aliphatic heterocycles. The lowest BCUT2D eigenvalue weighted by atomic mass is 10.0. The van der Waals surface area contributed by atoms with E-state index in [4.69, 9.17) is 21.5 Å². The number of hydrogen-bond acceptors (Lipinski definition) is 6. The average Bonchev–Trinajstić information content (AvgIpc) is 2.69. The fourth-order valence-corrected chi connectivity index (χ4v) is 5.23. The van der Waals surface area contributed by atoms with Crippen molar-refractivity contribution in [3.05, 3.63) is 64.7 Å². The third-order valence-corrected chi connectivity index (χ3v) is 7.35. The van der Waals surface area contributed by atoms with Crippen LogP contribution in [0.4, 0.5) is 0 Å². The minimum atomic E-state index is -3.82. The first kappa shape index (κ1) is 25.8. The maximum Gasteiger partial charge on any atom is 0.264 e. The quantitative estimate of drug-likeness (QED) is 0.486. The molecule has 0 saturated carbocycles. The van der Waals surface area contributed by atoms with Crippen molar-refractivity contribution in [2.24, 2.45) is 11.7 Å². The summed E-state index contributed by atoms with van der Waals surface area (Å²) in [5, 5.41) is 0.454. The van der Waals surface area contributed by atoms with E-state index < -0.39 is 20.1 Å². The smallest absolute Gasteiger partial charge is 0.264 e. The average molecular weight is 489 g/mol. The molecular weight excluding hydrogens is 460 g/mol. The lowest BCUT2D eigenvalue weighted by molar-refractivity contribution is 0.278. The molecule has 0 saturated heterocycles. The first-order valence-electron chi connectivity index (χ1n) is 9.82. The number of rotatable bonds is 11. The molecule has 10 heteroatoms. The van der Waals surface area contributed by atoms with Gasteiger partial charge in [-0.05, 0) is 47.7 Å². The minimum Gasteiger partial charge on any atom is -0.329 e. The van der Waals surface area contributed by atoms with Crippen LogP contribution in [0.2, 0.25) is 5.02 Å². The largest absolute Gasteiger partial charge is 0.329 e. The molecule has 1 atom stereocenters. The van der Waals surface area contributed by atoms with Crippen LogP contribution in [0.25, 0.3) is 0 Å². The molecule has 0 spiro atoms. The minimum absolute atomic E-state index is 0.0787. The van der Waals surface area contributed by atoms with Gasteiger partial charge in [0, 0.05) is 24.2 Å². The summed E-state index contributed by atoms with van der Waals surface area (Å²) in [7, 11) is -7.36. The number of nitrogens with two attached hydrogens (primary N) is 1. The fourth-order valence-electron chi connectivity index (χ4n) is 3.12. The zero-order valence-electron chi connectivity index (χ0n) is 17.9. The summed E-state index contributed by atoms with van der Waals surface area (Å²) in [5.74, 6) is 0.256.